The maximum atomic E-state index is 4.99. The van der Waals surface area contributed by atoms with Crippen molar-refractivity contribution in [3.63, 3.8) is 0 Å². The number of para-hydroxylation sites is 4. The summed E-state index contributed by atoms with van der Waals surface area (Å²) < 4.78 is 4.75. The maximum absolute atomic E-state index is 4.99. The van der Waals surface area contributed by atoms with Crippen molar-refractivity contribution in [2.75, 3.05) is 0 Å². The van der Waals surface area contributed by atoms with E-state index in [1.807, 2.05) is 6.20 Å². The summed E-state index contributed by atoms with van der Waals surface area (Å²) in [5, 5.41) is 5.09. The molecule has 182 valence electrons. The summed E-state index contributed by atoms with van der Waals surface area (Å²) in [6.07, 6.45) is 2.85. The standard InChI is InChI=1S/C36H23N3/c1-5-13-32-26(9-1)27-10-2-6-14-33(27)38(32)24-18-17-23-21-31-25(30(23)22-24)19-20-37-36(31)39-34-15-7-3-11-28(34)29-12-4-8-16-35(29)39/h1-20,22H,21H2. The minimum atomic E-state index is 0.877. The summed E-state index contributed by atoms with van der Waals surface area (Å²) in [5.41, 5.74) is 11.3. The van der Waals surface area contributed by atoms with Crippen LogP contribution in [0.1, 0.15) is 11.1 Å². The van der Waals surface area contributed by atoms with Gasteiger partial charge >= 0.3 is 0 Å². The third-order valence-electron chi connectivity index (χ3n) is 8.41. The van der Waals surface area contributed by atoms with E-state index in [2.05, 4.69) is 130 Å². The minimum Gasteiger partial charge on any atom is -0.309 e. The van der Waals surface area contributed by atoms with Gasteiger partial charge < -0.3 is 4.57 Å². The van der Waals surface area contributed by atoms with Gasteiger partial charge in [-0.15, -0.1) is 0 Å². The quantitative estimate of drug-likeness (QED) is 0.234. The van der Waals surface area contributed by atoms with Gasteiger partial charge in [0.2, 0.25) is 0 Å². The Morgan fingerprint density at radius 1 is 0.487 bits per heavy atom. The Morgan fingerprint density at radius 2 is 1.00 bits per heavy atom. The molecular weight excluding hydrogens is 474 g/mol. The Labute approximate surface area is 225 Å². The van der Waals surface area contributed by atoms with Crippen molar-refractivity contribution in [2.45, 2.75) is 6.42 Å². The van der Waals surface area contributed by atoms with E-state index in [4.69, 9.17) is 4.98 Å². The van der Waals surface area contributed by atoms with E-state index in [1.165, 1.54) is 71.6 Å². The summed E-state index contributed by atoms with van der Waals surface area (Å²) in [7, 11) is 0. The van der Waals surface area contributed by atoms with Gasteiger partial charge in [0.1, 0.15) is 5.82 Å². The Bertz CT molecular complexity index is 2160. The number of hydrogen-bond donors (Lipinski definition) is 0. The van der Waals surface area contributed by atoms with Gasteiger partial charge in [-0.25, -0.2) is 4.98 Å². The Morgan fingerprint density at radius 3 is 1.56 bits per heavy atom. The van der Waals surface area contributed by atoms with Crippen LogP contribution in [0, 0.1) is 0 Å². The molecular formula is C36H23N3. The van der Waals surface area contributed by atoms with Crippen LogP contribution in [0.4, 0.5) is 0 Å². The molecule has 0 aliphatic heterocycles. The molecule has 1 aliphatic carbocycles. The van der Waals surface area contributed by atoms with E-state index in [0.29, 0.717) is 0 Å². The van der Waals surface area contributed by atoms with Crippen LogP contribution in [-0.2, 0) is 6.42 Å². The average molecular weight is 498 g/mol. The molecule has 0 spiro atoms. The van der Waals surface area contributed by atoms with Crippen molar-refractivity contribution < 1.29 is 0 Å². The van der Waals surface area contributed by atoms with Gasteiger partial charge in [0, 0.05) is 45.4 Å². The van der Waals surface area contributed by atoms with Crippen LogP contribution < -0.4 is 0 Å². The largest absolute Gasteiger partial charge is 0.309 e. The van der Waals surface area contributed by atoms with E-state index in [1.54, 1.807) is 0 Å². The smallest absolute Gasteiger partial charge is 0.141 e. The van der Waals surface area contributed by atoms with E-state index in [9.17, 15) is 0 Å². The molecule has 39 heavy (non-hydrogen) atoms. The zero-order chi connectivity index (χ0) is 25.5. The summed E-state index contributed by atoms with van der Waals surface area (Å²) in [5.74, 6) is 1.03. The lowest BCUT2D eigenvalue weighted by atomic mass is 10.1. The predicted octanol–water partition coefficient (Wildman–Crippen LogP) is 8.85. The van der Waals surface area contributed by atoms with Crippen LogP contribution >= 0.6 is 0 Å². The van der Waals surface area contributed by atoms with Crippen molar-refractivity contribution in [3.8, 4) is 22.6 Å². The van der Waals surface area contributed by atoms with Crippen molar-refractivity contribution in [1.82, 2.24) is 14.1 Å². The lowest BCUT2D eigenvalue weighted by Gasteiger charge is -2.12. The van der Waals surface area contributed by atoms with Crippen molar-refractivity contribution in [1.29, 1.82) is 0 Å². The molecule has 0 fully saturated rings. The van der Waals surface area contributed by atoms with Crippen LogP contribution in [0.25, 0.3) is 66.2 Å². The van der Waals surface area contributed by atoms with Gasteiger partial charge in [-0.2, -0.15) is 0 Å². The summed E-state index contributed by atoms with van der Waals surface area (Å²) in [4.78, 5) is 4.99. The molecule has 3 heteroatoms. The van der Waals surface area contributed by atoms with Gasteiger partial charge in [-0.1, -0.05) is 78.9 Å². The lowest BCUT2D eigenvalue weighted by molar-refractivity contribution is 1.04. The molecule has 8 aromatic rings. The first-order chi connectivity index (χ1) is 19.4. The highest BCUT2D eigenvalue weighted by Gasteiger charge is 2.25. The number of hydrogen-bond acceptors (Lipinski definition) is 1. The fourth-order valence-electron chi connectivity index (χ4n) is 6.75. The van der Waals surface area contributed by atoms with Crippen LogP contribution in [-0.4, -0.2) is 14.1 Å². The Hall–Kier alpha value is -5.15. The van der Waals surface area contributed by atoms with Crippen LogP contribution in [0.3, 0.4) is 0 Å². The number of fused-ring (bicyclic) bond motifs is 9. The monoisotopic (exact) mass is 497 g/mol. The molecule has 0 saturated carbocycles. The number of benzene rings is 5. The van der Waals surface area contributed by atoms with E-state index in [-0.39, 0.29) is 0 Å². The number of rotatable bonds is 2. The first-order valence-corrected chi connectivity index (χ1v) is 13.4. The van der Waals surface area contributed by atoms with Gasteiger partial charge in [0.15, 0.2) is 0 Å². The second-order valence-electron chi connectivity index (χ2n) is 10.4. The van der Waals surface area contributed by atoms with E-state index >= 15 is 0 Å². The molecule has 0 unspecified atom stereocenters. The highest BCUT2D eigenvalue weighted by atomic mass is 15.1. The zero-order valence-electron chi connectivity index (χ0n) is 21.2. The molecule has 0 atom stereocenters. The predicted molar refractivity (Wildman–Crippen MR) is 161 cm³/mol. The molecule has 9 rings (SSSR count). The Kier molecular flexibility index (Phi) is 4.11. The summed E-state index contributed by atoms with van der Waals surface area (Å²) in [6.45, 7) is 0. The number of nitrogens with zero attached hydrogens (tertiary/aromatic N) is 3. The van der Waals surface area contributed by atoms with E-state index in [0.717, 1.165) is 12.2 Å². The first-order valence-electron chi connectivity index (χ1n) is 13.4. The fourth-order valence-corrected chi connectivity index (χ4v) is 6.75. The minimum absolute atomic E-state index is 0.877. The van der Waals surface area contributed by atoms with Crippen molar-refractivity contribution >= 4 is 43.6 Å². The van der Waals surface area contributed by atoms with Crippen LogP contribution in [0.5, 0.6) is 0 Å². The van der Waals surface area contributed by atoms with E-state index < -0.39 is 0 Å². The molecule has 3 nitrogen and oxygen atoms in total. The average Bonchev–Trinajstić information content (AvgIpc) is 3.65. The molecule has 0 N–H and O–H groups in total. The molecule has 3 heterocycles. The molecule has 0 radical (unpaired) electrons. The number of aromatic nitrogens is 3. The molecule has 0 bridgehead atoms. The van der Waals surface area contributed by atoms with Crippen molar-refractivity contribution in [3.05, 3.63) is 139 Å². The molecule has 3 aromatic heterocycles. The highest BCUT2D eigenvalue weighted by molar-refractivity contribution is 6.10. The molecule has 1 aliphatic rings. The summed E-state index contributed by atoms with van der Waals surface area (Å²) >= 11 is 0. The zero-order valence-corrected chi connectivity index (χ0v) is 21.2. The molecule has 0 saturated heterocycles. The van der Waals surface area contributed by atoms with Gasteiger partial charge in [-0.3, -0.25) is 4.57 Å². The van der Waals surface area contributed by atoms with Crippen LogP contribution in [0.2, 0.25) is 0 Å². The molecule has 0 amide bonds. The third kappa shape index (κ3) is 2.79. The van der Waals surface area contributed by atoms with Crippen LogP contribution in [0.15, 0.2) is 128 Å². The Balaban J connectivity index is 1.28. The second-order valence-corrected chi connectivity index (χ2v) is 10.4. The SMILES string of the molecule is c1ccc2c(c1)c1ccccc1n2-c1ccc2c(c1)-c1ccnc(-n3c4ccccc4c4ccccc43)c1C2. The lowest BCUT2D eigenvalue weighted by Crippen LogP contribution is -2.02. The topological polar surface area (TPSA) is 22.8 Å². The van der Waals surface area contributed by atoms with Crippen molar-refractivity contribution in [2.24, 2.45) is 0 Å². The fraction of sp³-hybridized carbons (Fsp3) is 0.0278. The first kappa shape index (κ1) is 20.9. The summed E-state index contributed by atoms with van der Waals surface area (Å²) in [6, 6.07) is 43.9. The second kappa shape index (κ2) is 7.68. The van der Waals surface area contributed by atoms with Gasteiger partial charge in [-0.05, 0) is 59.2 Å². The van der Waals surface area contributed by atoms with Gasteiger partial charge in [0.25, 0.3) is 0 Å². The maximum Gasteiger partial charge on any atom is 0.141 e. The van der Waals surface area contributed by atoms with Gasteiger partial charge in [0.05, 0.1) is 22.1 Å². The normalized spacial score (nSPS) is 12.5. The molecule has 5 aromatic carbocycles. The highest BCUT2D eigenvalue weighted by Crippen LogP contribution is 2.43. The number of pyridine rings is 1. The third-order valence-corrected chi connectivity index (χ3v) is 8.41.